The zero-order valence-corrected chi connectivity index (χ0v) is 19.0. The second kappa shape index (κ2) is 9.86. The van der Waals surface area contributed by atoms with Gasteiger partial charge in [-0.2, -0.15) is 0 Å². The van der Waals surface area contributed by atoms with Gasteiger partial charge in [0.2, 0.25) is 11.8 Å². The molecule has 2 aromatic carbocycles. The Bertz CT molecular complexity index is 1200. The fourth-order valence-electron chi connectivity index (χ4n) is 4.19. The van der Waals surface area contributed by atoms with Crippen LogP contribution in [0.1, 0.15) is 37.0 Å². The Morgan fingerprint density at radius 3 is 2.36 bits per heavy atom. The highest BCUT2D eigenvalue weighted by Gasteiger charge is 2.34. The van der Waals surface area contributed by atoms with Crippen LogP contribution in [0.2, 0.25) is 0 Å². The number of aromatic nitrogens is 1. The standard InChI is InChI=1S/C27H29N3O3/c1-19(2)15-26(32)30-18-22-8-4-3-7-21(22)16-24(30)27(33)28-23-12-10-20(11-13-23)17-29-14-6-5-9-25(29)31/h3-14,19,24H,15-18H2,1-2H3,(H,28,33). The lowest BCUT2D eigenvalue weighted by Crippen LogP contribution is -2.50. The molecular formula is C27H29N3O3. The highest BCUT2D eigenvalue weighted by Crippen LogP contribution is 2.26. The molecule has 0 aliphatic carbocycles. The molecule has 1 aliphatic rings. The lowest BCUT2D eigenvalue weighted by Gasteiger charge is -2.36. The smallest absolute Gasteiger partial charge is 0.250 e. The topological polar surface area (TPSA) is 71.4 Å². The summed E-state index contributed by atoms with van der Waals surface area (Å²) in [5.74, 6) is 0.0417. The van der Waals surface area contributed by atoms with Gasteiger partial charge in [-0.05, 0) is 40.8 Å². The van der Waals surface area contributed by atoms with Crippen molar-refractivity contribution in [2.45, 2.75) is 45.8 Å². The van der Waals surface area contributed by atoms with E-state index in [9.17, 15) is 14.4 Å². The van der Waals surface area contributed by atoms with Gasteiger partial charge >= 0.3 is 0 Å². The summed E-state index contributed by atoms with van der Waals surface area (Å²) in [7, 11) is 0. The number of nitrogens with zero attached hydrogens (tertiary/aromatic N) is 2. The zero-order chi connectivity index (χ0) is 23.4. The van der Waals surface area contributed by atoms with Gasteiger partial charge in [-0.3, -0.25) is 14.4 Å². The second-order valence-corrected chi connectivity index (χ2v) is 8.96. The molecule has 0 fully saturated rings. The molecule has 1 atom stereocenters. The second-order valence-electron chi connectivity index (χ2n) is 8.96. The summed E-state index contributed by atoms with van der Waals surface area (Å²) < 4.78 is 1.63. The van der Waals surface area contributed by atoms with Gasteiger partial charge in [0.15, 0.2) is 0 Å². The summed E-state index contributed by atoms with van der Waals surface area (Å²) in [5, 5.41) is 2.98. The number of amides is 2. The minimum Gasteiger partial charge on any atom is -0.326 e. The van der Waals surface area contributed by atoms with Crippen LogP contribution in [0, 0.1) is 5.92 Å². The molecule has 1 aliphatic heterocycles. The van der Waals surface area contributed by atoms with Gasteiger partial charge in [-0.15, -0.1) is 0 Å². The summed E-state index contributed by atoms with van der Waals surface area (Å²) in [6, 6.07) is 20.0. The van der Waals surface area contributed by atoms with Crippen molar-refractivity contribution in [3.05, 3.63) is 100.0 Å². The quantitative estimate of drug-likeness (QED) is 0.629. The Morgan fingerprint density at radius 1 is 0.970 bits per heavy atom. The lowest BCUT2D eigenvalue weighted by atomic mass is 9.92. The molecule has 1 unspecified atom stereocenters. The van der Waals surface area contributed by atoms with Crippen molar-refractivity contribution in [1.82, 2.24) is 9.47 Å². The average molecular weight is 444 g/mol. The van der Waals surface area contributed by atoms with Gasteiger partial charge < -0.3 is 14.8 Å². The molecule has 4 rings (SSSR count). The summed E-state index contributed by atoms with van der Waals surface area (Å²) in [5.41, 5.74) is 3.77. The van der Waals surface area contributed by atoms with Crippen LogP contribution in [-0.4, -0.2) is 27.3 Å². The minimum absolute atomic E-state index is 0.00306. The normalized spacial score (nSPS) is 15.2. The largest absolute Gasteiger partial charge is 0.326 e. The van der Waals surface area contributed by atoms with E-state index in [1.165, 1.54) is 6.07 Å². The van der Waals surface area contributed by atoms with Gasteiger partial charge in [0.05, 0.1) is 6.54 Å². The SMILES string of the molecule is CC(C)CC(=O)N1Cc2ccccc2CC1C(=O)Nc1ccc(Cn2ccccc2=O)cc1. The molecular weight excluding hydrogens is 414 g/mol. The van der Waals surface area contributed by atoms with Crippen LogP contribution in [0.4, 0.5) is 5.69 Å². The van der Waals surface area contributed by atoms with Crippen LogP contribution in [0.15, 0.2) is 77.7 Å². The Morgan fingerprint density at radius 2 is 1.67 bits per heavy atom. The van der Waals surface area contributed by atoms with E-state index in [1.54, 1.807) is 21.7 Å². The van der Waals surface area contributed by atoms with Gasteiger partial charge in [0.25, 0.3) is 5.56 Å². The Kier molecular flexibility index (Phi) is 6.73. The number of anilines is 1. The first-order chi connectivity index (χ1) is 15.9. The third-order valence-electron chi connectivity index (χ3n) is 5.93. The molecule has 0 spiro atoms. The van der Waals surface area contributed by atoms with E-state index in [-0.39, 0.29) is 23.3 Å². The predicted octanol–water partition coefficient (Wildman–Crippen LogP) is 3.83. The molecule has 3 aromatic rings. The Balaban J connectivity index is 1.49. The molecule has 0 bridgehead atoms. The number of pyridine rings is 1. The number of carbonyl (C=O) groups excluding carboxylic acids is 2. The number of hydrogen-bond donors (Lipinski definition) is 1. The van der Waals surface area contributed by atoms with E-state index in [1.807, 2.05) is 68.4 Å². The first kappa shape index (κ1) is 22.5. The molecule has 0 saturated heterocycles. The van der Waals surface area contributed by atoms with Crippen molar-refractivity contribution >= 4 is 17.5 Å². The van der Waals surface area contributed by atoms with Crippen molar-refractivity contribution < 1.29 is 9.59 Å². The summed E-state index contributed by atoms with van der Waals surface area (Å²) >= 11 is 0. The highest BCUT2D eigenvalue weighted by atomic mass is 16.2. The van der Waals surface area contributed by atoms with Crippen molar-refractivity contribution in [2.24, 2.45) is 5.92 Å². The van der Waals surface area contributed by atoms with E-state index in [0.717, 1.165) is 16.7 Å². The molecule has 33 heavy (non-hydrogen) atoms. The van der Waals surface area contributed by atoms with Crippen molar-refractivity contribution in [2.75, 3.05) is 5.32 Å². The molecule has 0 radical (unpaired) electrons. The molecule has 2 heterocycles. The monoisotopic (exact) mass is 443 g/mol. The van der Waals surface area contributed by atoms with Crippen LogP contribution < -0.4 is 10.9 Å². The fraction of sp³-hybridized carbons (Fsp3) is 0.296. The Labute approximate surface area is 193 Å². The molecule has 1 N–H and O–H groups in total. The molecule has 2 amide bonds. The Hall–Kier alpha value is -3.67. The lowest BCUT2D eigenvalue weighted by molar-refractivity contribution is -0.140. The third kappa shape index (κ3) is 5.40. The third-order valence-corrected chi connectivity index (χ3v) is 5.93. The number of fused-ring (bicyclic) bond motifs is 1. The summed E-state index contributed by atoms with van der Waals surface area (Å²) in [6.07, 6.45) is 2.67. The summed E-state index contributed by atoms with van der Waals surface area (Å²) in [6.45, 7) is 4.93. The molecule has 0 saturated carbocycles. The van der Waals surface area contributed by atoms with Gasteiger partial charge in [0.1, 0.15) is 6.04 Å². The number of hydrogen-bond acceptors (Lipinski definition) is 3. The van der Waals surface area contributed by atoms with E-state index < -0.39 is 6.04 Å². The predicted molar refractivity (Wildman–Crippen MR) is 129 cm³/mol. The van der Waals surface area contributed by atoms with E-state index in [2.05, 4.69) is 5.32 Å². The number of nitrogens with one attached hydrogen (secondary N) is 1. The van der Waals surface area contributed by atoms with Crippen molar-refractivity contribution in [1.29, 1.82) is 0 Å². The van der Waals surface area contributed by atoms with Gasteiger partial charge in [0, 0.05) is 37.3 Å². The van der Waals surface area contributed by atoms with Crippen LogP contribution in [0.25, 0.3) is 0 Å². The number of carbonyl (C=O) groups is 2. The highest BCUT2D eigenvalue weighted by molar-refractivity contribution is 5.97. The van der Waals surface area contributed by atoms with E-state index in [4.69, 9.17) is 0 Å². The molecule has 6 heteroatoms. The van der Waals surface area contributed by atoms with Crippen molar-refractivity contribution in [3.63, 3.8) is 0 Å². The minimum atomic E-state index is -0.547. The average Bonchev–Trinajstić information content (AvgIpc) is 2.80. The zero-order valence-electron chi connectivity index (χ0n) is 19.0. The van der Waals surface area contributed by atoms with Crippen LogP contribution >= 0.6 is 0 Å². The van der Waals surface area contributed by atoms with Gasteiger partial charge in [-0.25, -0.2) is 0 Å². The van der Waals surface area contributed by atoms with E-state index >= 15 is 0 Å². The van der Waals surface area contributed by atoms with Crippen molar-refractivity contribution in [3.8, 4) is 0 Å². The molecule has 170 valence electrons. The fourth-order valence-corrected chi connectivity index (χ4v) is 4.19. The molecule has 6 nitrogen and oxygen atoms in total. The number of rotatable bonds is 6. The number of benzene rings is 2. The van der Waals surface area contributed by atoms with Crippen LogP contribution in [-0.2, 0) is 29.1 Å². The maximum Gasteiger partial charge on any atom is 0.250 e. The van der Waals surface area contributed by atoms with Crippen LogP contribution in [0.5, 0.6) is 0 Å². The van der Waals surface area contributed by atoms with Gasteiger partial charge in [-0.1, -0.05) is 56.3 Å². The van der Waals surface area contributed by atoms with Crippen LogP contribution in [0.3, 0.4) is 0 Å². The van der Waals surface area contributed by atoms with E-state index in [0.29, 0.717) is 31.6 Å². The maximum absolute atomic E-state index is 13.2. The maximum atomic E-state index is 13.2. The first-order valence-electron chi connectivity index (χ1n) is 11.3. The molecule has 1 aromatic heterocycles. The first-order valence-corrected chi connectivity index (χ1v) is 11.3. The summed E-state index contributed by atoms with van der Waals surface area (Å²) in [4.78, 5) is 39.8.